The number of nitrogens with one attached hydrogen (secondary N) is 2. The normalized spacial score (nSPS) is 19.0. The number of nitrogens with two attached hydrogens (primary N) is 1. The largest absolute Gasteiger partial charge is 0.573 e. The van der Waals surface area contributed by atoms with E-state index in [2.05, 4.69) is 10.1 Å². The molecule has 1 atom stereocenters. The van der Waals surface area contributed by atoms with Crippen molar-refractivity contribution >= 4 is 21.5 Å². The van der Waals surface area contributed by atoms with Crippen molar-refractivity contribution in [2.75, 3.05) is 13.1 Å². The minimum Gasteiger partial charge on any atom is -0.406 e. The molecule has 1 unspecified atom stereocenters. The van der Waals surface area contributed by atoms with E-state index in [0.717, 1.165) is 11.6 Å². The fraction of sp³-hybridized carbons (Fsp3) is 0.333. The maximum absolute atomic E-state index is 12.7. The SMILES string of the molecule is N=S(N)(=O)c1ccc(OC(F)(F)F)cc1C1(c2ccc(Cl)cc2)CCNCC1. The highest BCUT2D eigenvalue weighted by molar-refractivity contribution is 7.90. The van der Waals surface area contributed by atoms with Gasteiger partial charge in [0.2, 0.25) is 0 Å². The van der Waals surface area contributed by atoms with Crippen LogP contribution in [0.4, 0.5) is 13.2 Å². The van der Waals surface area contributed by atoms with E-state index in [-0.39, 0.29) is 4.90 Å². The Bertz CT molecular complexity index is 957. The quantitative estimate of drug-likeness (QED) is 0.675. The molecule has 0 amide bonds. The molecule has 0 bridgehead atoms. The van der Waals surface area contributed by atoms with Gasteiger partial charge in [-0.2, -0.15) is 0 Å². The summed E-state index contributed by atoms with van der Waals surface area (Å²) in [5, 5.41) is 9.33. The summed E-state index contributed by atoms with van der Waals surface area (Å²) >= 11 is 5.99. The maximum Gasteiger partial charge on any atom is 0.573 e. The molecule has 0 saturated carbocycles. The minimum atomic E-state index is -4.87. The van der Waals surface area contributed by atoms with Gasteiger partial charge in [0, 0.05) is 10.4 Å². The molecule has 1 aliphatic rings. The van der Waals surface area contributed by atoms with E-state index in [9.17, 15) is 17.4 Å². The van der Waals surface area contributed by atoms with Gasteiger partial charge in [0.05, 0.1) is 4.90 Å². The first-order valence-electron chi connectivity index (χ1n) is 8.45. The van der Waals surface area contributed by atoms with Gasteiger partial charge in [-0.05, 0) is 67.4 Å². The summed E-state index contributed by atoms with van der Waals surface area (Å²) in [5.74, 6) is -0.443. The lowest BCUT2D eigenvalue weighted by atomic mass is 9.68. The lowest BCUT2D eigenvalue weighted by Crippen LogP contribution is -2.41. The number of hydrogen-bond donors (Lipinski definition) is 3. The Kier molecular flexibility index (Phi) is 5.64. The van der Waals surface area contributed by atoms with Crippen LogP contribution in [0.1, 0.15) is 24.0 Å². The first kappa shape index (κ1) is 20.9. The molecule has 1 fully saturated rings. The lowest BCUT2D eigenvalue weighted by molar-refractivity contribution is -0.274. The predicted molar refractivity (Wildman–Crippen MR) is 101 cm³/mol. The van der Waals surface area contributed by atoms with Crippen molar-refractivity contribution in [3.63, 3.8) is 0 Å². The molecular formula is C18H19ClF3N3O2S. The van der Waals surface area contributed by atoms with Gasteiger partial charge >= 0.3 is 6.36 Å². The van der Waals surface area contributed by atoms with Crippen molar-refractivity contribution < 1.29 is 22.1 Å². The van der Waals surface area contributed by atoms with Gasteiger partial charge in [-0.15, -0.1) is 13.2 Å². The number of benzene rings is 2. The Morgan fingerprint density at radius 3 is 2.29 bits per heavy atom. The summed E-state index contributed by atoms with van der Waals surface area (Å²) < 4.78 is 62.6. The topological polar surface area (TPSA) is 88.2 Å². The molecule has 2 aromatic carbocycles. The van der Waals surface area contributed by atoms with E-state index in [1.165, 1.54) is 12.1 Å². The number of hydrogen-bond acceptors (Lipinski definition) is 4. The van der Waals surface area contributed by atoms with Crippen molar-refractivity contribution in [1.29, 1.82) is 4.78 Å². The second-order valence-electron chi connectivity index (χ2n) is 6.65. The molecule has 0 aromatic heterocycles. The summed E-state index contributed by atoms with van der Waals surface area (Å²) in [7, 11) is -3.68. The summed E-state index contributed by atoms with van der Waals surface area (Å²) in [6.45, 7) is 1.19. The van der Waals surface area contributed by atoms with E-state index in [4.69, 9.17) is 21.5 Å². The van der Waals surface area contributed by atoms with E-state index in [1.54, 1.807) is 24.3 Å². The highest BCUT2D eigenvalue weighted by Crippen LogP contribution is 2.44. The Morgan fingerprint density at radius 2 is 1.75 bits per heavy atom. The van der Waals surface area contributed by atoms with Crippen LogP contribution in [0.2, 0.25) is 5.02 Å². The number of piperidine rings is 1. The molecule has 1 aliphatic heterocycles. The summed E-state index contributed by atoms with van der Waals surface area (Å²) in [5.41, 5.74) is 0.326. The Morgan fingerprint density at radius 1 is 1.14 bits per heavy atom. The average molecular weight is 434 g/mol. The van der Waals surface area contributed by atoms with Gasteiger partial charge in [0.1, 0.15) is 15.7 Å². The first-order chi connectivity index (χ1) is 13.0. The van der Waals surface area contributed by atoms with Crippen molar-refractivity contribution in [3.05, 3.63) is 58.6 Å². The third kappa shape index (κ3) is 4.43. The third-order valence-electron chi connectivity index (χ3n) is 4.88. The van der Waals surface area contributed by atoms with Crippen LogP contribution in [0.3, 0.4) is 0 Å². The summed E-state index contributed by atoms with van der Waals surface area (Å²) in [6.07, 6.45) is -3.83. The van der Waals surface area contributed by atoms with Crippen molar-refractivity contribution in [1.82, 2.24) is 5.32 Å². The van der Waals surface area contributed by atoms with E-state index >= 15 is 0 Å². The van der Waals surface area contributed by atoms with Crippen molar-refractivity contribution in [3.8, 4) is 5.75 Å². The van der Waals surface area contributed by atoms with E-state index in [1.807, 2.05) is 0 Å². The minimum absolute atomic E-state index is 0.00104. The standard InChI is InChI=1S/C18H19ClF3N3O2S/c19-13-3-1-12(2-4-13)17(7-9-25-10-8-17)15-11-14(27-18(20,21)22)5-6-16(15)28(23,24)26/h1-6,11,25H,7-10H2,(H3,23,24,26). The van der Waals surface area contributed by atoms with E-state index < -0.39 is 27.4 Å². The van der Waals surface area contributed by atoms with Gasteiger partial charge in [-0.25, -0.2) is 14.1 Å². The average Bonchev–Trinajstić information content (AvgIpc) is 2.60. The lowest BCUT2D eigenvalue weighted by Gasteiger charge is -2.40. The fourth-order valence-electron chi connectivity index (χ4n) is 3.68. The Hall–Kier alpha value is -1.81. The van der Waals surface area contributed by atoms with Gasteiger partial charge in [-0.3, -0.25) is 0 Å². The first-order valence-corrected chi connectivity index (χ1v) is 10.4. The number of ether oxygens (including phenoxy) is 1. The zero-order valence-corrected chi connectivity index (χ0v) is 16.3. The molecule has 1 heterocycles. The van der Waals surface area contributed by atoms with Crippen molar-refractivity contribution in [2.45, 2.75) is 29.5 Å². The van der Waals surface area contributed by atoms with Crippen LogP contribution in [0, 0.1) is 4.78 Å². The molecule has 0 aliphatic carbocycles. The number of halogens is 4. The predicted octanol–water partition coefficient (Wildman–Crippen LogP) is 4.19. The molecule has 0 spiro atoms. The zero-order chi connectivity index (χ0) is 20.6. The van der Waals surface area contributed by atoms with Crippen LogP contribution in [-0.4, -0.2) is 23.7 Å². The van der Waals surface area contributed by atoms with Crippen LogP contribution in [0.25, 0.3) is 0 Å². The molecule has 2 aromatic rings. The van der Waals surface area contributed by atoms with Gasteiger partial charge in [-0.1, -0.05) is 23.7 Å². The Balaban J connectivity index is 2.25. The molecule has 1 saturated heterocycles. The summed E-state index contributed by atoms with van der Waals surface area (Å²) in [4.78, 5) is -0.00104. The molecular weight excluding hydrogens is 415 g/mol. The highest BCUT2D eigenvalue weighted by atomic mass is 35.5. The fourth-order valence-corrected chi connectivity index (χ4v) is 4.66. The van der Waals surface area contributed by atoms with Crippen LogP contribution >= 0.6 is 11.6 Å². The molecule has 4 N–H and O–H groups in total. The van der Waals surface area contributed by atoms with Gasteiger partial charge in [0.15, 0.2) is 0 Å². The molecule has 10 heteroatoms. The maximum atomic E-state index is 12.7. The summed E-state index contributed by atoms with van der Waals surface area (Å²) in [6, 6.07) is 10.4. The molecule has 28 heavy (non-hydrogen) atoms. The van der Waals surface area contributed by atoms with E-state index in [0.29, 0.717) is 36.5 Å². The number of rotatable bonds is 4. The van der Waals surface area contributed by atoms with Crippen LogP contribution in [0.5, 0.6) is 5.75 Å². The second kappa shape index (κ2) is 7.55. The monoisotopic (exact) mass is 433 g/mol. The smallest absolute Gasteiger partial charge is 0.406 e. The zero-order valence-electron chi connectivity index (χ0n) is 14.7. The third-order valence-corrected chi connectivity index (χ3v) is 6.14. The van der Waals surface area contributed by atoms with Gasteiger partial charge < -0.3 is 10.1 Å². The number of alkyl halides is 3. The molecule has 5 nitrogen and oxygen atoms in total. The van der Waals surface area contributed by atoms with Gasteiger partial charge in [0.25, 0.3) is 0 Å². The van der Waals surface area contributed by atoms with Crippen LogP contribution < -0.4 is 15.2 Å². The molecule has 152 valence electrons. The molecule has 0 radical (unpaired) electrons. The highest BCUT2D eigenvalue weighted by Gasteiger charge is 2.40. The Labute approximate surface area is 166 Å². The van der Waals surface area contributed by atoms with Crippen molar-refractivity contribution in [2.24, 2.45) is 5.14 Å². The van der Waals surface area contributed by atoms with Crippen LogP contribution in [0.15, 0.2) is 47.4 Å². The molecule has 3 rings (SSSR count). The second-order valence-corrected chi connectivity index (χ2v) is 8.72. The van der Waals surface area contributed by atoms with Crippen LogP contribution in [-0.2, 0) is 15.3 Å².